The van der Waals surface area contributed by atoms with Gasteiger partial charge in [0.2, 0.25) is 5.95 Å². The molecule has 5 aromatic rings. The van der Waals surface area contributed by atoms with Crippen LogP contribution in [0.2, 0.25) is 5.02 Å². The van der Waals surface area contributed by atoms with E-state index in [-0.39, 0.29) is 21.9 Å². The normalized spacial score (nSPS) is 21.8. The smallest absolute Gasteiger partial charge is 0.268 e. The molecule has 0 saturated heterocycles. The summed E-state index contributed by atoms with van der Waals surface area (Å²) >= 11 is 6.74. The molecule has 9 nitrogen and oxygen atoms in total. The first-order valence-electron chi connectivity index (χ1n) is 17.0. The zero-order valence-electron chi connectivity index (χ0n) is 28.1. The van der Waals surface area contributed by atoms with Crippen molar-refractivity contribution < 1.29 is 13.2 Å². The fourth-order valence-electron chi connectivity index (χ4n) is 7.76. The molecule has 2 aliphatic carbocycles. The number of hydrogen-bond donors (Lipinski definition) is 3. The molecule has 2 fully saturated rings. The first-order chi connectivity index (χ1) is 23.6. The van der Waals surface area contributed by atoms with Crippen LogP contribution < -0.4 is 16.4 Å². The minimum atomic E-state index is -3.89. The fourth-order valence-corrected chi connectivity index (χ4v) is 9.35. The largest absolute Gasteiger partial charge is 0.399 e. The van der Waals surface area contributed by atoms with Gasteiger partial charge in [-0.1, -0.05) is 75.2 Å². The van der Waals surface area contributed by atoms with Crippen molar-refractivity contribution in [3.8, 4) is 11.3 Å². The summed E-state index contributed by atoms with van der Waals surface area (Å²) in [5.41, 5.74) is 7.94. The van der Waals surface area contributed by atoms with Gasteiger partial charge in [0.05, 0.1) is 27.3 Å². The van der Waals surface area contributed by atoms with Crippen LogP contribution >= 0.6 is 11.6 Å². The Morgan fingerprint density at radius 2 is 1.65 bits per heavy atom. The maximum Gasteiger partial charge on any atom is 0.268 e. The molecule has 0 spiro atoms. The van der Waals surface area contributed by atoms with Gasteiger partial charge in [-0.3, -0.25) is 4.79 Å². The summed E-state index contributed by atoms with van der Waals surface area (Å²) in [4.78, 5) is 23.1. The molecule has 3 aromatic carbocycles. The van der Waals surface area contributed by atoms with Crippen LogP contribution in [0.1, 0.15) is 76.1 Å². The van der Waals surface area contributed by atoms with Crippen LogP contribution in [-0.4, -0.2) is 39.3 Å². The average molecular weight is 699 g/mol. The molecule has 0 radical (unpaired) electrons. The zero-order valence-corrected chi connectivity index (χ0v) is 29.7. The summed E-state index contributed by atoms with van der Waals surface area (Å²) in [6, 6.07) is 22.7. The highest BCUT2D eigenvalue weighted by Gasteiger charge is 2.51. The zero-order chi connectivity index (χ0) is 34.8. The summed E-state index contributed by atoms with van der Waals surface area (Å²) in [5, 5.41) is 8.17. The van der Waals surface area contributed by atoms with E-state index < -0.39 is 10.0 Å². The Labute approximate surface area is 293 Å². The molecule has 1 amide bonds. The Hall–Kier alpha value is -4.41. The SMILES string of the molecule is CC.CCC1CC2(NC(=O)c3ccc(N)cc3)CCCC(Nc3ncc(Cl)c(-c4cn(S(=O)(=O)c5ccccc5)c5ccccc45)n3)(C1)C2. The number of rotatable bonds is 8. The Kier molecular flexibility index (Phi) is 9.73. The van der Waals surface area contributed by atoms with Gasteiger partial charge in [0.1, 0.15) is 0 Å². The highest BCUT2D eigenvalue weighted by Crippen LogP contribution is 2.50. The minimum Gasteiger partial charge on any atom is -0.399 e. The third kappa shape index (κ3) is 6.76. The van der Waals surface area contributed by atoms with E-state index in [1.54, 1.807) is 73.1 Å². The molecule has 2 aromatic heterocycles. The molecule has 2 heterocycles. The molecule has 3 unspecified atom stereocenters. The van der Waals surface area contributed by atoms with Crippen molar-refractivity contribution in [3.05, 3.63) is 102 Å². The summed E-state index contributed by atoms with van der Waals surface area (Å²) < 4.78 is 28.8. The Balaban J connectivity index is 0.00000205. The number of halogens is 1. The number of carbonyl (C=O) groups excluding carboxylic acids is 1. The molecule has 11 heteroatoms. The lowest BCUT2D eigenvalue weighted by Gasteiger charge is -2.55. The summed E-state index contributed by atoms with van der Waals surface area (Å²) in [7, 11) is -3.89. The van der Waals surface area contributed by atoms with E-state index in [9.17, 15) is 13.2 Å². The minimum absolute atomic E-state index is 0.0931. The third-order valence-electron chi connectivity index (χ3n) is 9.83. The predicted molar refractivity (Wildman–Crippen MR) is 197 cm³/mol. The standard InChI is InChI=1S/C36H37ClN6O3S.C2H6/c1-2-24-19-35(41-33(44)25-13-15-26(38)16-14-25)17-8-18-36(20-24,23-35)42-34-39-21-30(37)32(40-34)29-22-43(31-12-7-6-11-28(29)31)47(45,46)27-9-4-3-5-10-27;1-2/h3-7,9-16,21-22,24H,2,8,17-20,23,38H2,1H3,(H,41,44)(H,39,40,42);1-2H3. The van der Waals surface area contributed by atoms with Gasteiger partial charge in [-0.15, -0.1) is 0 Å². The van der Waals surface area contributed by atoms with Crippen molar-refractivity contribution >= 4 is 50.1 Å². The lowest BCUT2D eigenvalue weighted by Crippen LogP contribution is -2.62. The van der Waals surface area contributed by atoms with E-state index in [4.69, 9.17) is 22.3 Å². The maximum absolute atomic E-state index is 13.7. The number of fused-ring (bicyclic) bond motifs is 3. The molecule has 0 aliphatic heterocycles. The summed E-state index contributed by atoms with van der Waals surface area (Å²) in [5.74, 6) is 0.727. The lowest BCUT2D eigenvalue weighted by atomic mass is 9.59. The average Bonchev–Trinajstić information content (AvgIpc) is 3.50. The van der Waals surface area contributed by atoms with Gasteiger partial charge >= 0.3 is 0 Å². The molecule has 2 aliphatic rings. The lowest BCUT2D eigenvalue weighted by molar-refractivity contribution is 0.0542. The fraction of sp³-hybridized carbons (Fsp3) is 0.342. The molecular formula is C38H43ClN6O3S. The molecule has 4 N–H and O–H groups in total. The second-order valence-electron chi connectivity index (χ2n) is 13.0. The van der Waals surface area contributed by atoms with Crippen LogP contribution in [0, 0.1) is 5.92 Å². The number of benzene rings is 3. The number of aromatic nitrogens is 3. The number of carbonyl (C=O) groups is 1. The second-order valence-corrected chi connectivity index (χ2v) is 15.3. The van der Waals surface area contributed by atoms with Crippen LogP contribution in [0.5, 0.6) is 0 Å². The number of hydrogen-bond acceptors (Lipinski definition) is 7. The van der Waals surface area contributed by atoms with Crippen molar-refractivity contribution in [1.82, 2.24) is 19.3 Å². The molecule has 7 rings (SSSR count). The number of para-hydroxylation sites is 1. The van der Waals surface area contributed by atoms with Crippen LogP contribution in [-0.2, 0) is 10.0 Å². The van der Waals surface area contributed by atoms with Crippen LogP contribution in [0.25, 0.3) is 22.2 Å². The number of nitrogens with zero attached hydrogens (tertiary/aromatic N) is 3. The predicted octanol–water partition coefficient (Wildman–Crippen LogP) is 8.31. The van der Waals surface area contributed by atoms with Gasteiger partial charge in [-0.25, -0.2) is 22.4 Å². The third-order valence-corrected chi connectivity index (χ3v) is 11.8. The van der Waals surface area contributed by atoms with Crippen LogP contribution in [0.4, 0.5) is 11.6 Å². The van der Waals surface area contributed by atoms with E-state index >= 15 is 0 Å². The number of nitrogen functional groups attached to an aromatic ring is 1. The van der Waals surface area contributed by atoms with E-state index in [2.05, 4.69) is 22.5 Å². The van der Waals surface area contributed by atoms with Crippen LogP contribution in [0.15, 0.2) is 96.2 Å². The number of amides is 1. The van der Waals surface area contributed by atoms with Gasteiger partial charge < -0.3 is 16.4 Å². The molecule has 3 atom stereocenters. The Morgan fingerprint density at radius 1 is 0.980 bits per heavy atom. The Morgan fingerprint density at radius 3 is 2.39 bits per heavy atom. The molecule has 256 valence electrons. The first-order valence-corrected chi connectivity index (χ1v) is 18.8. The molecule has 49 heavy (non-hydrogen) atoms. The first kappa shape index (κ1) is 34.5. The number of anilines is 2. The van der Waals surface area contributed by atoms with Crippen molar-refractivity contribution in [2.75, 3.05) is 11.1 Å². The van der Waals surface area contributed by atoms with Gasteiger partial charge in [0.15, 0.2) is 0 Å². The number of nitrogens with two attached hydrogens (primary N) is 1. The van der Waals surface area contributed by atoms with E-state index in [1.165, 1.54) is 3.97 Å². The van der Waals surface area contributed by atoms with Gasteiger partial charge in [0.25, 0.3) is 15.9 Å². The Bertz CT molecular complexity index is 2070. The van der Waals surface area contributed by atoms with Crippen molar-refractivity contribution in [3.63, 3.8) is 0 Å². The van der Waals surface area contributed by atoms with E-state index in [0.717, 1.165) is 44.9 Å². The monoisotopic (exact) mass is 698 g/mol. The van der Waals surface area contributed by atoms with Gasteiger partial charge in [0, 0.05) is 39.5 Å². The van der Waals surface area contributed by atoms with Gasteiger partial charge in [-0.2, -0.15) is 0 Å². The summed E-state index contributed by atoms with van der Waals surface area (Å²) in [6.07, 6.45) is 9.49. The molecule has 2 bridgehead atoms. The highest BCUT2D eigenvalue weighted by atomic mass is 35.5. The van der Waals surface area contributed by atoms with Crippen LogP contribution in [0.3, 0.4) is 0 Å². The van der Waals surface area contributed by atoms with E-state index in [1.807, 2.05) is 32.0 Å². The summed E-state index contributed by atoms with van der Waals surface area (Å²) in [6.45, 7) is 6.20. The topological polar surface area (TPSA) is 132 Å². The second kappa shape index (κ2) is 13.8. The molecular weight excluding hydrogens is 656 g/mol. The van der Waals surface area contributed by atoms with Gasteiger partial charge in [-0.05, 0) is 86.9 Å². The highest BCUT2D eigenvalue weighted by molar-refractivity contribution is 7.90. The molecule has 2 saturated carbocycles. The van der Waals surface area contributed by atoms with Crippen molar-refractivity contribution in [2.24, 2.45) is 5.92 Å². The van der Waals surface area contributed by atoms with Crippen molar-refractivity contribution in [2.45, 2.75) is 81.7 Å². The van der Waals surface area contributed by atoms with Crippen molar-refractivity contribution in [1.29, 1.82) is 0 Å². The maximum atomic E-state index is 13.7. The van der Waals surface area contributed by atoms with E-state index in [0.29, 0.717) is 50.3 Å². The number of nitrogens with one attached hydrogen (secondary N) is 2. The quantitative estimate of drug-likeness (QED) is 0.139.